The van der Waals surface area contributed by atoms with Crippen LogP contribution in [0.1, 0.15) is 32.7 Å². The Morgan fingerprint density at radius 3 is 2.76 bits per heavy atom. The molecule has 0 unspecified atom stereocenters. The Bertz CT molecular complexity index is 1870. The summed E-state index contributed by atoms with van der Waals surface area (Å²) in [6.07, 6.45) is 7.81. The summed E-state index contributed by atoms with van der Waals surface area (Å²) < 4.78 is 0. The Balaban J connectivity index is 1.37. The second kappa shape index (κ2) is 10.6. The van der Waals surface area contributed by atoms with E-state index in [-0.39, 0.29) is 18.2 Å². The van der Waals surface area contributed by atoms with E-state index in [0.29, 0.717) is 33.9 Å². The molecule has 0 spiro atoms. The minimum atomic E-state index is -0.120. The van der Waals surface area contributed by atoms with Crippen molar-refractivity contribution in [3.05, 3.63) is 87.7 Å². The molecule has 0 saturated carbocycles. The van der Waals surface area contributed by atoms with Crippen molar-refractivity contribution in [3.8, 4) is 22.6 Å². The highest BCUT2D eigenvalue weighted by molar-refractivity contribution is 7.15. The van der Waals surface area contributed by atoms with Gasteiger partial charge in [0.1, 0.15) is 11.2 Å². The summed E-state index contributed by atoms with van der Waals surface area (Å²) in [6, 6.07) is 11.6. The van der Waals surface area contributed by atoms with E-state index in [1.54, 1.807) is 24.2 Å². The van der Waals surface area contributed by atoms with Crippen LogP contribution in [0.25, 0.3) is 39.3 Å². The van der Waals surface area contributed by atoms with Gasteiger partial charge in [0, 0.05) is 45.6 Å². The molecule has 0 saturated heterocycles. The van der Waals surface area contributed by atoms with Gasteiger partial charge in [-0.05, 0) is 63.5 Å². The summed E-state index contributed by atoms with van der Waals surface area (Å²) in [5, 5.41) is 10.6. The maximum absolute atomic E-state index is 12.2. The number of anilines is 1. The van der Waals surface area contributed by atoms with Crippen LogP contribution < -0.4 is 11.1 Å². The number of hydrogen-bond donors (Lipinski definition) is 4. The second-order valence-corrected chi connectivity index (χ2v) is 11.3. The molecule has 1 aliphatic rings. The van der Waals surface area contributed by atoms with Crippen molar-refractivity contribution in [2.24, 2.45) is 5.73 Å². The number of allylic oxidation sites excluding steroid dienone is 3. The van der Waals surface area contributed by atoms with Gasteiger partial charge in [-0.2, -0.15) is 5.10 Å². The number of hydrogen-bond acceptors (Lipinski definition) is 8. The molecular formula is C30H28N8O2S. The summed E-state index contributed by atoms with van der Waals surface area (Å²) in [6.45, 7) is 1.85. The van der Waals surface area contributed by atoms with Gasteiger partial charge >= 0.3 is 0 Å². The van der Waals surface area contributed by atoms with Gasteiger partial charge in [0.15, 0.2) is 5.78 Å². The number of nitrogens with one attached hydrogen (secondary N) is 3. The molecule has 1 amide bonds. The van der Waals surface area contributed by atoms with E-state index in [0.717, 1.165) is 44.2 Å². The summed E-state index contributed by atoms with van der Waals surface area (Å²) in [5.41, 5.74) is 15.0. The average Bonchev–Trinajstić information content (AvgIpc) is 3.65. The summed E-state index contributed by atoms with van der Waals surface area (Å²) in [4.78, 5) is 40.4. The summed E-state index contributed by atoms with van der Waals surface area (Å²) in [5.74, 6) is -0.0768. The number of rotatable bonds is 7. The molecule has 5 heterocycles. The van der Waals surface area contributed by atoms with Gasteiger partial charge in [0.25, 0.3) is 0 Å². The first-order chi connectivity index (χ1) is 19.7. The number of aromatic amines is 2. The lowest BCUT2D eigenvalue weighted by atomic mass is 10.0. The Morgan fingerprint density at radius 2 is 1.98 bits per heavy atom. The second-order valence-electron chi connectivity index (χ2n) is 10.2. The number of H-pyrrole nitrogens is 2. The molecule has 206 valence electrons. The molecule has 5 N–H and O–H groups in total. The zero-order valence-corrected chi connectivity index (χ0v) is 23.6. The topological polar surface area (TPSA) is 146 Å². The van der Waals surface area contributed by atoms with Crippen LogP contribution in [0.5, 0.6) is 0 Å². The number of ketones is 1. The van der Waals surface area contributed by atoms with Gasteiger partial charge in [0.05, 0.1) is 40.2 Å². The standard InChI is InChI=1S/C30H28N8O2S/c1-16(39)26-8-9-27(41-26)20-5-4-18(31)11-24-21(20)12-25(34-24)30-29-23(36-37-30)7-6-22(35-29)17-10-19(14-32-13-17)33-28(40)15-38(2)3/h4-10,12-14,34H,11,15,31H2,1-3H3,(H,33,40)(H,36,37). The summed E-state index contributed by atoms with van der Waals surface area (Å²) >= 11 is 1.47. The fourth-order valence-electron chi connectivity index (χ4n) is 4.82. The minimum absolute atomic E-state index is 0.0436. The van der Waals surface area contributed by atoms with Crippen molar-refractivity contribution >= 4 is 45.3 Å². The van der Waals surface area contributed by atoms with Gasteiger partial charge in [-0.25, -0.2) is 4.98 Å². The SMILES string of the molecule is CC(=O)c1ccc(C2=CC=C(N)Cc3[nH]c(-c4n[nH]c5ccc(-c6cncc(NC(=O)CN(C)C)c6)nc45)cc32)s1. The Morgan fingerprint density at radius 1 is 1.12 bits per heavy atom. The van der Waals surface area contributed by atoms with E-state index in [2.05, 4.69) is 31.5 Å². The van der Waals surface area contributed by atoms with E-state index in [9.17, 15) is 9.59 Å². The molecule has 6 rings (SSSR count). The van der Waals surface area contributed by atoms with Crippen LogP contribution in [0.15, 0.2) is 66.6 Å². The van der Waals surface area contributed by atoms with Gasteiger partial charge in [0.2, 0.25) is 5.91 Å². The number of fused-ring (bicyclic) bond motifs is 2. The molecule has 0 radical (unpaired) electrons. The third-order valence-corrected chi connectivity index (χ3v) is 7.91. The van der Waals surface area contributed by atoms with E-state index in [1.165, 1.54) is 11.3 Å². The predicted octanol–water partition coefficient (Wildman–Crippen LogP) is 4.61. The number of carbonyl (C=O) groups excluding carboxylic acids is 2. The van der Waals surface area contributed by atoms with Crippen molar-refractivity contribution in [2.75, 3.05) is 26.0 Å². The number of nitrogens with two attached hydrogens (primary N) is 1. The lowest BCUT2D eigenvalue weighted by molar-refractivity contribution is -0.116. The number of thiophene rings is 1. The third-order valence-electron chi connectivity index (χ3n) is 6.69. The number of Topliss-reactive ketones (excluding diaryl/α,β-unsaturated/α-hetero) is 1. The number of pyridine rings is 2. The highest BCUT2D eigenvalue weighted by Crippen LogP contribution is 2.37. The molecule has 11 heteroatoms. The van der Waals surface area contributed by atoms with Crippen LogP contribution >= 0.6 is 11.3 Å². The third kappa shape index (κ3) is 5.32. The molecule has 10 nitrogen and oxygen atoms in total. The number of aromatic nitrogens is 5. The molecule has 0 aliphatic heterocycles. The first-order valence-electron chi connectivity index (χ1n) is 13.0. The Kier molecular flexibility index (Phi) is 6.82. The van der Waals surface area contributed by atoms with Crippen LogP contribution in [0.4, 0.5) is 5.69 Å². The van der Waals surface area contributed by atoms with Gasteiger partial charge in [-0.3, -0.25) is 19.7 Å². The van der Waals surface area contributed by atoms with E-state index < -0.39 is 0 Å². The first-order valence-corrected chi connectivity index (χ1v) is 13.8. The number of likely N-dealkylation sites (N-methyl/N-ethyl adjacent to an activating group) is 1. The predicted molar refractivity (Wildman–Crippen MR) is 161 cm³/mol. The average molecular weight is 565 g/mol. The minimum Gasteiger partial charge on any atom is -0.402 e. The lowest BCUT2D eigenvalue weighted by Gasteiger charge is -2.10. The highest BCUT2D eigenvalue weighted by atomic mass is 32.1. The van der Waals surface area contributed by atoms with Crippen LogP contribution in [0.3, 0.4) is 0 Å². The maximum atomic E-state index is 12.2. The smallest absolute Gasteiger partial charge is 0.238 e. The van der Waals surface area contributed by atoms with Gasteiger partial charge in [-0.1, -0.05) is 6.08 Å². The normalized spacial score (nSPS) is 13.1. The van der Waals surface area contributed by atoms with Crippen LogP contribution in [-0.2, 0) is 11.2 Å². The quantitative estimate of drug-likeness (QED) is 0.211. The molecule has 0 aromatic carbocycles. The van der Waals surface area contributed by atoms with E-state index in [4.69, 9.17) is 10.7 Å². The first kappa shape index (κ1) is 26.4. The van der Waals surface area contributed by atoms with E-state index >= 15 is 0 Å². The Hall–Kier alpha value is -4.87. The molecule has 0 atom stereocenters. The number of carbonyl (C=O) groups is 2. The monoisotopic (exact) mass is 564 g/mol. The number of nitrogens with zero attached hydrogens (tertiary/aromatic N) is 4. The summed E-state index contributed by atoms with van der Waals surface area (Å²) in [7, 11) is 3.68. The lowest BCUT2D eigenvalue weighted by Crippen LogP contribution is -2.27. The zero-order chi connectivity index (χ0) is 28.7. The van der Waals surface area contributed by atoms with Gasteiger partial charge < -0.3 is 20.9 Å². The zero-order valence-electron chi connectivity index (χ0n) is 22.8. The van der Waals surface area contributed by atoms with Crippen molar-refractivity contribution < 1.29 is 9.59 Å². The molecule has 0 bridgehead atoms. The van der Waals surface area contributed by atoms with Crippen LogP contribution in [0, 0.1) is 0 Å². The van der Waals surface area contributed by atoms with Crippen molar-refractivity contribution in [2.45, 2.75) is 13.3 Å². The largest absolute Gasteiger partial charge is 0.402 e. The number of amides is 1. The van der Waals surface area contributed by atoms with Gasteiger partial charge in [-0.15, -0.1) is 11.3 Å². The fourth-order valence-corrected chi connectivity index (χ4v) is 5.76. The molecule has 0 fully saturated rings. The van der Waals surface area contributed by atoms with Crippen molar-refractivity contribution in [1.29, 1.82) is 0 Å². The highest BCUT2D eigenvalue weighted by Gasteiger charge is 2.22. The molecular weight excluding hydrogens is 536 g/mol. The Labute approximate surface area is 240 Å². The van der Waals surface area contributed by atoms with Crippen LogP contribution in [-0.4, -0.2) is 62.4 Å². The fraction of sp³-hybridized carbons (Fsp3) is 0.167. The van der Waals surface area contributed by atoms with Crippen LogP contribution in [0.2, 0.25) is 0 Å². The van der Waals surface area contributed by atoms with Crippen molar-refractivity contribution in [1.82, 2.24) is 30.0 Å². The molecule has 1 aliphatic carbocycles. The molecule has 5 aromatic heterocycles. The molecule has 41 heavy (non-hydrogen) atoms. The molecule has 5 aromatic rings. The van der Waals surface area contributed by atoms with E-state index in [1.807, 2.05) is 56.6 Å². The van der Waals surface area contributed by atoms with Crippen molar-refractivity contribution in [3.63, 3.8) is 0 Å². The maximum Gasteiger partial charge on any atom is 0.238 e.